The number of aromatic nitrogens is 5. The number of hydrogen-bond acceptors (Lipinski definition) is 7. The Hall–Kier alpha value is -3.07. The SMILES string of the molecule is Cc1cc(C)c(NC(=O)CN2CCN(c3ncnc4c3nnn4C)CC2)c(C)c1. The molecule has 0 atom stereocenters. The summed E-state index contributed by atoms with van der Waals surface area (Å²) in [6.07, 6.45) is 1.55. The van der Waals surface area contributed by atoms with E-state index in [1.54, 1.807) is 11.0 Å². The minimum atomic E-state index is 0.0202. The van der Waals surface area contributed by atoms with Gasteiger partial charge in [-0.2, -0.15) is 0 Å². The van der Waals surface area contributed by atoms with Gasteiger partial charge < -0.3 is 10.2 Å². The Bertz CT molecular complexity index is 1030. The van der Waals surface area contributed by atoms with Gasteiger partial charge in [-0.25, -0.2) is 14.6 Å². The summed E-state index contributed by atoms with van der Waals surface area (Å²) in [6, 6.07) is 4.19. The molecule has 9 nitrogen and oxygen atoms in total. The van der Waals surface area contributed by atoms with Crippen molar-refractivity contribution in [1.29, 1.82) is 0 Å². The smallest absolute Gasteiger partial charge is 0.238 e. The molecule has 3 heterocycles. The van der Waals surface area contributed by atoms with Crippen LogP contribution < -0.4 is 10.2 Å². The Morgan fingerprint density at radius 3 is 2.45 bits per heavy atom. The molecule has 0 bridgehead atoms. The average Bonchev–Trinajstić information content (AvgIpc) is 3.07. The highest BCUT2D eigenvalue weighted by molar-refractivity contribution is 5.93. The zero-order valence-electron chi connectivity index (χ0n) is 17.3. The summed E-state index contributed by atoms with van der Waals surface area (Å²) in [7, 11) is 1.82. The van der Waals surface area contributed by atoms with E-state index in [1.165, 1.54) is 5.56 Å². The molecule has 0 spiro atoms. The van der Waals surface area contributed by atoms with Gasteiger partial charge >= 0.3 is 0 Å². The number of piperazine rings is 1. The van der Waals surface area contributed by atoms with Crippen LogP contribution in [0.5, 0.6) is 0 Å². The van der Waals surface area contributed by atoms with Crippen molar-refractivity contribution in [1.82, 2.24) is 29.9 Å². The quantitative estimate of drug-likeness (QED) is 0.716. The summed E-state index contributed by atoms with van der Waals surface area (Å²) in [6.45, 7) is 9.63. The van der Waals surface area contributed by atoms with Gasteiger partial charge in [-0.15, -0.1) is 5.10 Å². The van der Waals surface area contributed by atoms with Gasteiger partial charge in [-0.05, 0) is 31.9 Å². The second-order valence-corrected chi connectivity index (χ2v) is 7.67. The summed E-state index contributed by atoms with van der Waals surface area (Å²) in [5.74, 6) is 0.824. The van der Waals surface area contributed by atoms with Crippen molar-refractivity contribution in [2.45, 2.75) is 20.8 Å². The van der Waals surface area contributed by atoms with Crippen LogP contribution in [0.15, 0.2) is 18.5 Å². The monoisotopic (exact) mass is 394 g/mol. The number of nitrogens with zero attached hydrogens (tertiary/aromatic N) is 7. The predicted octanol–water partition coefficient (Wildman–Crippen LogP) is 1.44. The fourth-order valence-electron chi connectivity index (χ4n) is 3.95. The van der Waals surface area contributed by atoms with Gasteiger partial charge in [-0.3, -0.25) is 9.69 Å². The molecule has 29 heavy (non-hydrogen) atoms. The van der Waals surface area contributed by atoms with Gasteiger partial charge in [0.2, 0.25) is 5.91 Å². The molecule has 152 valence electrons. The first kappa shape index (κ1) is 19.3. The number of amides is 1. The predicted molar refractivity (Wildman–Crippen MR) is 112 cm³/mol. The molecule has 0 aliphatic carbocycles. The summed E-state index contributed by atoms with van der Waals surface area (Å²) < 4.78 is 1.65. The maximum Gasteiger partial charge on any atom is 0.238 e. The number of nitrogens with one attached hydrogen (secondary N) is 1. The lowest BCUT2D eigenvalue weighted by Crippen LogP contribution is -2.49. The third kappa shape index (κ3) is 3.91. The highest BCUT2D eigenvalue weighted by Crippen LogP contribution is 2.23. The van der Waals surface area contributed by atoms with E-state index in [9.17, 15) is 4.79 Å². The van der Waals surface area contributed by atoms with Crippen LogP contribution in [0, 0.1) is 20.8 Å². The molecule has 1 fully saturated rings. The lowest BCUT2D eigenvalue weighted by atomic mass is 10.1. The average molecular weight is 394 g/mol. The summed E-state index contributed by atoms with van der Waals surface area (Å²) >= 11 is 0. The van der Waals surface area contributed by atoms with Crippen LogP contribution in [-0.2, 0) is 11.8 Å². The molecular weight excluding hydrogens is 368 g/mol. The molecule has 0 unspecified atom stereocenters. The highest BCUT2D eigenvalue weighted by Gasteiger charge is 2.23. The van der Waals surface area contributed by atoms with Crippen LogP contribution in [0.2, 0.25) is 0 Å². The number of hydrogen-bond donors (Lipinski definition) is 1. The van der Waals surface area contributed by atoms with Gasteiger partial charge in [-0.1, -0.05) is 22.9 Å². The molecule has 1 aliphatic heterocycles. The normalized spacial score (nSPS) is 15.1. The molecule has 1 saturated heterocycles. The maximum absolute atomic E-state index is 12.6. The van der Waals surface area contributed by atoms with Crippen molar-refractivity contribution < 1.29 is 4.79 Å². The van der Waals surface area contributed by atoms with Crippen LogP contribution in [-0.4, -0.2) is 68.5 Å². The Morgan fingerprint density at radius 2 is 1.76 bits per heavy atom. The number of benzene rings is 1. The Morgan fingerprint density at radius 1 is 1.07 bits per heavy atom. The molecule has 1 amide bonds. The molecule has 3 aromatic rings. The number of carbonyl (C=O) groups is 1. The maximum atomic E-state index is 12.6. The first-order chi connectivity index (χ1) is 13.9. The van der Waals surface area contributed by atoms with Gasteiger partial charge in [0.25, 0.3) is 0 Å². The minimum Gasteiger partial charge on any atom is -0.352 e. The Labute approximate surface area is 169 Å². The zero-order valence-corrected chi connectivity index (χ0v) is 17.3. The van der Waals surface area contributed by atoms with E-state index in [-0.39, 0.29) is 5.91 Å². The lowest BCUT2D eigenvalue weighted by Gasteiger charge is -2.34. The summed E-state index contributed by atoms with van der Waals surface area (Å²) in [5.41, 5.74) is 5.75. The van der Waals surface area contributed by atoms with Crippen LogP contribution in [0.4, 0.5) is 11.5 Å². The molecule has 4 rings (SSSR count). The molecule has 0 saturated carbocycles. The second-order valence-electron chi connectivity index (χ2n) is 7.67. The Kier molecular flexibility index (Phi) is 5.14. The number of fused-ring (bicyclic) bond motifs is 1. The molecule has 2 aromatic heterocycles. The van der Waals surface area contributed by atoms with E-state index in [2.05, 4.69) is 54.5 Å². The first-order valence-corrected chi connectivity index (χ1v) is 9.78. The zero-order chi connectivity index (χ0) is 20.5. The highest BCUT2D eigenvalue weighted by atomic mass is 16.2. The van der Waals surface area contributed by atoms with Crippen LogP contribution in [0.25, 0.3) is 11.2 Å². The lowest BCUT2D eigenvalue weighted by molar-refractivity contribution is -0.117. The topological polar surface area (TPSA) is 92.1 Å². The van der Waals surface area contributed by atoms with Gasteiger partial charge in [0.1, 0.15) is 6.33 Å². The fourth-order valence-corrected chi connectivity index (χ4v) is 3.95. The van der Waals surface area contributed by atoms with E-state index >= 15 is 0 Å². The second kappa shape index (κ2) is 7.75. The molecule has 1 aliphatic rings. The van der Waals surface area contributed by atoms with E-state index < -0.39 is 0 Å². The van der Waals surface area contributed by atoms with Gasteiger partial charge in [0.05, 0.1) is 6.54 Å². The van der Waals surface area contributed by atoms with Crippen molar-refractivity contribution >= 4 is 28.6 Å². The van der Waals surface area contributed by atoms with E-state index in [0.29, 0.717) is 12.1 Å². The molecule has 0 radical (unpaired) electrons. The van der Waals surface area contributed by atoms with E-state index in [4.69, 9.17) is 0 Å². The minimum absolute atomic E-state index is 0.0202. The number of carbonyl (C=O) groups excluding carboxylic acids is 1. The third-order valence-corrected chi connectivity index (χ3v) is 5.35. The van der Waals surface area contributed by atoms with Crippen molar-refractivity contribution in [2.75, 3.05) is 42.9 Å². The fraction of sp³-hybridized carbons (Fsp3) is 0.450. The van der Waals surface area contributed by atoms with E-state index in [0.717, 1.165) is 54.5 Å². The van der Waals surface area contributed by atoms with E-state index in [1.807, 2.05) is 20.9 Å². The third-order valence-electron chi connectivity index (χ3n) is 5.35. The number of aryl methyl sites for hydroxylation is 4. The standard InChI is InChI=1S/C20H26N8O/c1-13-9-14(2)17(15(3)10-13)23-16(29)11-27-5-7-28(8-6-27)20-18-19(21-12-22-20)26(4)25-24-18/h9-10,12H,5-8,11H2,1-4H3,(H,23,29). The van der Waals surface area contributed by atoms with Crippen LogP contribution >= 0.6 is 0 Å². The van der Waals surface area contributed by atoms with Crippen molar-refractivity contribution in [3.8, 4) is 0 Å². The van der Waals surface area contributed by atoms with Crippen molar-refractivity contribution in [2.24, 2.45) is 7.05 Å². The number of anilines is 2. The molecule has 9 heteroatoms. The van der Waals surface area contributed by atoms with Crippen LogP contribution in [0.1, 0.15) is 16.7 Å². The van der Waals surface area contributed by atoms with Crippen LogP contribution in [0.3, 0.4) is 0 Å². The summed E-state index contributed by atoms with van der Waals surface area (Å²) in [5, 5.41) is 11.3. The largest absolute Gasteiger partial charge is 0.352 e. The van der Waals surface area contributed by atoms with Gasteiger partial charge in [0.15, 0.2) is 17.0 Å². The van der Waals surface area contributed by atoms with Crippen molar-refractivity contribution in [3.05, 3.63) is 35.2 Å². The summed E-state index contributed by atoms with van der Waals surface area (Å²) in [4.78, 5) is 25.6. The van der Waals surface area contributed by atoms with Crippen molar-refractivity contribution in [3.63, 3.8) is 0 Å². The van der Waals surface area contributed by atoms with Gasteiger partial charge in [0, 0.05) is 38.9 Å². The number of rotatable bonds is 4. The Balaban J connectivity index is 1.37. The molecule has 1 aromatic carbocycles. The molecule has 1 N–H and O–H groups in total. The molecular formula is C20H26N8O. The first-order valence-electron chi connectivity index (χ1n) is 9.78.